The van der Waals surface area contributed by atoms with Gasteiger partial charge in [0.2, 0.25) is 11.8 Å². The van der Waals surface area contributed by atoms with Crippen molar-refractivity contribution in [1.82, 2.24) is 19.9 Å². The van der Waals surface area contributed by atoms with Crippen LogP contribution in [0.25, 0.3) is 0 Å². The number of aromatic nitrogens is 2. The van der Waals surface area contributed by atoms with E-state index in [0.717, 1.165) is 32.4 Å². The maximum atomic E-state index is 12.6. The fourth-order valence-electron chi connectivity index (χ4n) is 4.16. The minimum Gasteiger partial charge on any atom is -0.339 e. The molecule has 1 amide bonds. The molecular formula is C17H28N4O2. The van der Waals surface area contributed by atoms with Crippen molar-refractivity contribution in [3.05, 3.63) is 11.7 Å². The Hall–Kier alpha value is -1.43. The molecule has 2 fully saturated rings. The zero-order valence-corrected chi connectivity index (χ0v) is 14.3. The first-order valence-electron chi connectivity index (χ1n) is 9.01. The van der Waals surface area contributed by atoms with Crippen LogP contribution in [-0.2, 0) is 11.2 Å². The Morgan fingerprint density at radius 3 is 2.78 bits per heavy atom. The lowest BCUT2D eigenvalue weighted by Crippen LogP contribution is -2.48. The molecule has 0 bridgehead atoms. The van der Waals surface area contributed by atoms with E-state index >= 15 is 0 Å². The fourth-order valence-corrected chi connectivity index (χ4v) is 4.16. The molecule has 6 nitrogen and oxygen atoms in total. The summed E-state index contributed by atoms with van der Waals surface area (Å²) < 4.78 is 5.11. The van der Waals surface area contributed by atoms with Gasteiger partial charge in [-0.15, -0.1) is 0 Å². The molecular weight excluding hydrogens is 292 g/mol. The van der Waals surface area contributed by atoms with Crippen LogP contribution in [0.15, 0.2) is 4.52 Å². The predicted octanol–water partition coefficient (Wildman–Crippen LogP) is 2.18. The molecule has 3 heterocycles. The van der Waals surface area contributed by atoms with Crippen molar-refractivity contribution in [2.75, 3.05) is 19.6 Å². The number of carbonyl (C=O) groups excluding carboxylic acids is 1. The van der Waals surface area contributed by atoms with Gasteiger partial charge in [0.05, 0.1) is 0 Å². The fraction of sp³-hybridized carbons (Fsp3) is 0.824. The van der Waals surface area contributed by atoms with Crippen LogP contribution in [0.1, 0.15) is 57.2 Å². The van der Waals surface area contributed by atoms with Gasteiger partial charge in [-0.05, 0) is 52.1 Å². The molecule has 6 heteroatoms. The molecule has 0 N–H and O–H groups in total. The summed E-state index contributed by atoms with van der Waals surface area (Å²) in [6.07, 6.45) is 6.87. The van der Waals surface area contributed by atoms with Gasteiger partial charge in [-0.1, -0.05) is 12.1 Å². The van der Waals surface area contributed by atoms with E-state index in [1.807, 2.05) is 6.92 Å². The molecule has 0 spiro atoms. The van der Waals surface area contributed by atoms with Gasteiger partial charge in [0.25, 0.3) is 0 Å². The van der Waals surface area contributed by atoms with Crippen molar-refractivity contribution in [2.45, 2.75) is 70.9 Å². The smallest absolute Gasteiger partial charge is 0.226 e. The Labute approximate surface area is 138 Å². The standard InChI is InChI=1S/C17H28N4O2/c1-3-20-11-5-7-14(20)15-8-6-12-21(15)17(22)10-4-9-16-18-13(2)19-23-16/h14-15H,3-12H2,1-2H3/t14-,15-/m1/s1. The monoisotopic (exact) mass is 320 g/mol. The second kappa shape index (κ2) is 7.43. The number of rotatable bonds is 6. The van der Waals surface area contributed by atoms with Crippen LogP contribution < -0.4 is 0 Å². The van der Waals surface area contributed by atoms with Crippen LogP contribution in [0, 0.1) is 6.92 Å². The van der Waals surface area contributed by atoms with E-state index in [2.05, 4.69) is 26.9 Å². The number of hydrogen-bond donors (Lipinski definition) is 0. The van der Waals surface area contributed by atoms with E-state index in [1.54, 1.807) is 0 Å². The average Bonchev–Trinajstić information content (AvgIpc) is 3.26. The average molecular weight is 320 g/mol. The Morgan fingerprint density at radius 1 is 1.26 bits per heavy atom. The molecule has 1 aromatic rings. The maximum absolute atomic E-state index is 12.6. The third-order valence-corrected chi connectivity index (χ3v) is 5.24. The molecule has 0 saturated carbocycles. The van der Waals surface area contributed by atoms with E-state index in [4.69, 9.17) is 4.52 Å². The first kappa shape index (κ1) is 16.4. The molecule has 128 valence electrons. The van der Waals surface area contributed by atoms with Gasteiger partial charge < -0.3 is 9.42 Å². The Bertz CT molecular complexity index is 530. The first-order valence-corrected chi connectivity index (χ1v) is 9.01. The van der Waals surface area contributed by atoms with E-state index in [9.17, 15) is 4.79 Å². The van der Waals surface area contributed by atoms with E-state index in [0.29, 0.717) is 42.5 Å². The van der Waals surface area contributed by atoms with Crippen LogP contribution in [0.5, 0.6) is 0 Å². The zero-order valence-electron chi connectivity index (χ0n) is 14.3. The van der Waals surface area contributed by atoms with E-state index in [1.165, 1.54) is 19.4 Å². The SMILES string of the molecule is CCN1CCC[C@@H]1[C@H]1CCCN1C(=O)CCCc1nc(C)no1. The highest BCUT2D eigenvalue weighted by Crippen LogP contribution is 2.30. The quantitative estimate of drug-likeness (QED) is 0.804. The Balaban J connectivity index is 1.51. The highest BCUT2D eigenvalue weighted by atomic mass is 16.5. The molecule has 0 radical (unpaired) electrons. The number of aryl methyl sites for hydroxylation is 2. The van der Waals surface area contributed by atoms with Crippen molar-refractivity contribution in [3.8, 4) is 0 Å². The minimum absolute atomic E-state index is 0.298. The molecule has 2 aliphatic rings. The van der Waals surface area contributed by atoms with Crippen molar-refractivity contribution in [1.29, 1.82) is 0 Å². The summed E-state index contributed by atoms with van der Waals surface area (Å²) in [6, 6.07) is 1.00. The van der Waals surface area contributed by atoms with E-state index < -0.39 is 0 Å². The Morgan fingerprint density at radius 2 is 2.04 bits per heavy atom. The van der Waals surface area contributed by atoms with Gasteiger partial charge in [-0.3, -0.25) is 9.69 Å². The summed E-state index contributed by atoms with van der Waals surface area (Å²) in [5.74, 6) is 1.60. The van der Waals surface area contributed by atoms with Crippen LogP contribution in [-0.4, -0.2) is 57.6 Å². The zero-order chi connectivity index (χ0) is 16.2. The largest absolute Gasteiger partial charge is 0.339 e. The van der Waals surface area contributed by atoms with Crippen molar-refractivity contribution in [3.63, 3.8) is 0 Å². The summed E-state index contributed by atoms with van der Waals surface area (Å²) in [6.45, 7) is 7.26. The third kappa shape index (κ3) is 3.74. The van der Waals surface area contributed by atoms with Crippen LogP contribution in [0.3, 0.4) is 0 Å². The normalized spacial score (nSPS) is 25.4. The molecule has 0 aliphatic carbocycles. The number of likely N-dealkylation sites (tertiary alicyclic amines) is 2. The first-order chi connectivity index (χ1) is 11.2. The van der Waals surface area contributed by atoms with Crippen molar-refractivity contribution < 1.29 is 9.32 Å². The number of carbonyl (C=O) groups is 1. The molecule has 3 rings (SSSR count). The number of likely N-dealkylation sites (N-methyl/N-ethyl adjacent to an activating group) is 1. The molecule has 2 saturated heterocycles. The number of hydrogen-bond acceptors (Lipinski definition) is 5. The molecule has 1 aromatic heterocycles. The maximum Gasteiger partial charge on any atom is 0.226 e. The summed E-state index contributed by atoms with van der Waals surface area (Å²) in [5.41, 5.74) is 0. The second-order valence-electron chi connectivity index (χ2n) is 6.72. The number of amides is 1. The summed E-state index contributed by atoms with van der Waals surface area (Å²) in [4.78, 5) is 21.5. The second-order valence-corrected chi connectivity index (χ2v) is 6.72. The highest BCUT2D eigenvalue weighted by Gasteiger charge is 2.38. The molecule has 0 aromatic carbocycles. The Kier molecular flexibility index (Phi) is 5.30. The minimum atomic E-state index is 0.298. The lowest BCUT2D eigenvalue weighted by molar-refractivity contribution is -0.133. The predicted molar refractivity (Wildman–Crippen MR) is 87.0 cm³/mol. The number of nitrogens with zero attached hydrogens (tertiary/aromatic N) is 4. The molecule has 2 aliphatic heterocycles. The van der Waals surface area contributed by atoms with Gasteiger partial charge in [-0.2, -0.15) is 4.98 Å². The van der Waals surface area contributed by atoms with Crippen molar-refractivity contribution >= 4 is 5.91 Å². The lowest BCUT2D eigenvalue weighted by Gasteiger charge is -2.34. The summed E-state index contributed by atoms with van der Waals surface area (Å²) >= 11 is 0. The topological polar surface area (TPSA) is 62.5 Å². The molecule has 2 atom stereocenters. The lowest BCUT2D eigenvalue weighted by atomic mass is 10.0. The highest BCUT2D eigenvalue weighted by molar-refractivity contribution is 5.76. The van der Waals surface area contributed by atoms with Gasteiger partial charge in [0.15, 0.2) is 5.82 Å². The van der Waals surface area contributed by atoms with Crippen molar-refractivity contribution in [2.24, 2.45) is 0 Å². The molecule has 23 heavy (non-hydrogen) atoms. The van der Waals surface area contributed by atoms with Gasteiger partial charge in [0.1, 0.15) is 0 Å². The van der Waals surface area contributed by atoms with Crippen LogP contribution in [0.2, 0.25) is 0 Å². The van der Waals surface area contributed by atoms with Crippen LogP contribution >= 0.6 is 0 Å². The van der Waals surface area contributed by atoms with E-state index in [-0.39, 0.29) is 0 Å². The molecule has 0 unspecified atom stereocenters. The van der Waals surface area contributed by atoms with Gasteiger partial charge >= 0.3 is 0 Å². The third-order valence-electron chi connectivity index (χ3n) is 5.24. The van der Waals surface area contributed by atoms with Gasteiger partial charge in [0, 0.05) is 31.5 Å². The van der Waals surface area contributed by atoms with Gasteiger partial charge in [-0.25, -0.2) is 0 Å². The summed E-state index contributed by atoms with van der Waals surface area (Å²) in [5, 5.41) is 3.79. The summed E-state index contributed by atoms with van der Waals surface area (Å²) in [7, 11) is 0. The van der Waals surface area contributed by atoms with Crippen LogP contribution in [0.4, 0.5) is 0 Å².